The molecule has 0 spiro atoms. The molecule has 1 nitrogen and oxygen atoms in total. The molecule has 0 saturated heterocycles. The Balaban J connectivity index is 2.39. The van der Waals surface area contributed by atoms with Crippen LogP contribution in [0.5, 0.6) is 0 Å². The lowest BCUT2D eigenvalue weighted by Crippen LogP contribution is -1.88. The minimum atomic E-state index is -0.204. The van der Waals surface area contributed by atoms with Gasteiger partial charge in [-0.25, -0.2) is 9.37 Å². The number of thiazole rings is 1. The molecule has 0 amide bonds. The largest absolute Gasteiger partial charge is 0.245 e. The molecule has 1 aromatic carbocycles. The van der Waals surface area contributed by atoms with E-state index >= 15 is 0 Å². The molecule has 1 heterocycles. The second-order valence-corrected chi connectivity index (χ2v) is 4.17. The van der Waals surface area contributed by atoms with Crippen LogP contribution in [0, 0.1) is 12.7 Å². The van der Waals surface area contributed by atoms with Gasteiger partial charge in [-0.3, -0.25) is 0 Å². The van der Waals surface area contributed by atoms with Crippen LogP contribution in [0.15, 0.2) is 36.4 Å². The Morgan fingerprint density at radius 1 is 1.47 bits per heavy atom. The molecule has 0 fully saturated rings. The van der Waals surface area contributed by atoms with E-state index in [1.807, 2.05) is 11.4 Å². The zero-order valence-corrected chi connectivity index (χ0v) is 9.14. The molecule has 0 aliphatic carbocycles. The molecule has 0 atom stereocenters. The minimum Gasteiger partial charge on any atom is -0.245 e. The van der Waals surface area contributed by atoms with Gasteiger partial charge >= 0.3 is 0 Å². The molecular weight excluding hydrogens is 209 g/mol. The fraction of sp³-hybridized carbons (Fsp3) is 0.0833. The summed E-state index contributed by atoms with van der Waals surface area (Å²) >= 11 is 1.50. The highest BCUT2D eigenvalue weighted by Crippen LogP contribution is 2.24. The van der Waals surface area contributed by atoms with Crippen LogP contribution in [0.2, 0.25) is 0 Å². The third-order valence-electron chi connectivity index (χ3n) is 2.21. The van der Waals surface area contributed by atoms with E-state index in [9.17, 15) is 4.39 Å². The third kappa shape index (κ3) is 1.97. The first-order valence-electron chi connectivity index (χ1n) is 4.54. The highest BCUT2D eigenvalue weighted by Gasteiger charge is 2.06. The van der Waals surface area contributed by atoms with Crippen molar-refractivity contribution in [3.05, 3.63) is 58.3 Å². The first-order valence-corrected chi connectivity index (χ1v) is 5.42. The summed E-state index contributed by atoms with van der Waals surface area (Å²) in [5.41, 5.74) is 2.20. The highest BCUT2D eigenvalue weighted by molar-refractivity contribution is 7.10. The van der Waals surface area contributed by atoms with E-state index in [1.54, 1.807) is 19.2 Å². The summed E-state index contributed by atoms with van der Waals surface area (Å²) in [6, 6.07) is 5.12. The number of hydrogen-bond acceptors (Lipinski definition) is 2. The molecule has 0 aliphatic heterocycles. The number of aromatic nitrogens is 1. The normalized spacial score (nSPS) is 10.3. The monoisotopic (exact) mass is 219 g/mol. The third-order valence-corrected chi connectivity index (χ3v) is 3.04. The van der Waals surface area contributed by atoms with Crippen molar-refractivity contribution in [3.8, 4) is 0 Å². The molecule has 3 heteroatoms. The van der Waals surface area contributed by atoms with Crippen molar-refractivity contribution in [1.82, 2.24) is 4.98 Å². The van der Waals surface area contributed by atoms with Crippen molar-refractivity contribution in [3.63, 3.8) is 0 Å². The Kier molecular flexibility index (Phi) is 2.64. The fourth-order valence-corrected chi connectivity index (χ4v) is 1.91. The lowest BCUT2D eigenvalue weighted by atomic mass is 10.1. The predicted octanol–water partition coefficient (Wildman–Crippen LogP) is 3.65. The van der Waals surface area contributed by atoms with Crippen LogP contribution in [0.4, 0.5) is 4.39 Å². The predicted molar refractivity (Wildman–Crippen MR) is 61.4 cm³/mol. The van der Waals surface area contributed by atoms with Crippen molar-refractivity contribution < 1.29 is 4.39 Å². The molecule has 76 valence electrons. The van der Waals surface area contributed by atoms with Gasteiger partial charge in [0.25, 0.3) is 0 Å². The lowest BCUT2D eigenvalue weighted by Gasteiger charge is -2.03. The summed E-state index contributed by atoms with van der Waals surface area (Å²) in [4.78, 5) is 4.14. The molecule has 0 unspecified atom stereocenters. The van der Waals surface area contributed by atoms with Gasteiger partial charge in [-0.2, -0.15) is 0 Å². The quantitative estimate of drug-likeness (QED) is 0.751. The molecule has 0 saturated carbocycles. The molecule has 15 heavy (non-hydrogen) atoms. The highest BCUT2D eigenvalue weighted by atomic mass is 32.1. The Morgan fingerprint density at radius 3 is 2.87 bits per heavy atom. The maximum absolute atomic E-state index is 13.3. The molecule has 1 aromatic heterocycles. The van der Waals surface area contributed by atoms with E-state index < -0.39 is 0 Å². The number of nitrogens with zero attached hydrogens (tertiary/aromatic N) is 1. The van der Waals surface area contributed by atoms with Crippen molar-refractivity contribution in [2.24, 2.45) is 0 Å². The van der Waals surface area contributed by atoms with Gasteiger partial charge in [0.2, 0.25) is 0 Å². The number of hydrogen-bond donors (Lipinski definition) is 0. The van der Waals surface area contributed by atoms with Crippen LogP contribution in [0.1, 0.15) is 16.1 Å². The standard InChI is InChI=1S/C12H10FNS/c1-8-3-4-10(7-11(8)13)9(2)12-14-5-6-15-12/h3-7H,2H2,1H3. The van der Waals surface area contributed by atoms with Crippen LogP contribution in [-0.4, -0.2) is 4.98 Å². The molecule has 2 rings (SSSR count). The number of aryl methyl sites for hydroxylation is 1. The lowest BCUT2D eigenvalue weighted by molar-refractivity contribution is 0.618. The SMILES string of the molecule is C=C(c1ccc(C)c(F)c1)c1nccs1. The average Bonchev–Trinajstić information content (AvgIpc) is 2.74. The van der Waals surface area contributed by atoms with E-state index in [0.717, 1.165) is 16.1 Å². The Morgan fingerprint density at radius 2 is 2.27 bits per heavy atom. The second-order valence-electron chi connectivity index (χ2n) is 3.28. The van der Waals surface area contributed by atoms with Gasteiger partial charge in [0.1, 0.15) is 10.8 Å². The number of benzene rings is 1. The van der Waals surface area contributed by atoms with E-state index in [2.05, 4.69) is 11.6 Å². The van der Waals surface area contributed by atoms with Gasteiger partial charge in [-0.1, -0.05) is 18.7 Å². The fourth-order valence-electron chi connectivity index (χ4n) is 1.28. The van der Waals surface area contributed by atoms with E-state index in [-0.39, 0.29) is 5.82 Å². The molecule has 0 aliphatic rings. The van der Waals surface area contributed by atoms with Crippen molar-refractivity contribution in [2.75, 3.05) is 0 Å². The molecular formula is C12H10FNS. The van der Waals surface area contributed by atoms with Gasteiger partial charge in [0.15, 0.2) is 0 Å². The first-order chi connectivity index (χ1) is 7.18. The van der Waals surface area contributed by atoms with Crippen LogP contribution < -0.4 is 0 Å². The number of halogens is 1. The van der Waals surface area contributed by atoms with Crippen LogP contribution >= 0.6 is 11.3 Å². The summed E-state index contributed by atoms with van der Waals surface area (Å²) in [6.45, 7) is 5.66. The van der Waals surface area contributed by atoms with Gasteiger partial charge < -0.3 is 0 Å². The van der Waals surface area contributed by atoms with Gasteiger partial charge in [-0.15, -0.1) is 11.3 Å². The summed E-state index contributed by atoms with van der Waals surface area (Å²) in [7, 11) is 0. The van der Waals surface area contributed by atoms with E-state index in [1.165, 1.54) is 17.4 Å². The smallest absolute Gasteiger partial charge is 0.126 e. The summed E-state index contributed by atoms with van der Waals surface area (Å²) < 4.78 is 13.3. The van der Waals surface area contributed by atoms with Crippen LogP contribution in [0.3, 0.4) is 0 Å². The van der Waals surface area contributed by atoms with Crippen molar-refractivity contribution in [2.45, 2.75) is 6.92 Å². The van der Waals surface area contributed by atoms with Crippen LogP contribution in [0.25, 0.3) is 5.57 Å². The zero-order valence-electron chi connectivity index (χ0n) is 8.33. The Bertz CT molecular complexity index is 488. The topological polar surface area (TPSA) is 12.9 Å². The van der Waals surface area contributed by atoms with E-state index in [4.69, 9.17) is 0 Å². The summed E-state index contributed by atoms with van der Waals surface area (Å²) in [5.74, 6) is -0.204. The number of rotatable bonds is 2. The summed E-state index contributed by atoms with van der Waals surface area (Å²) in [6.07, 6.45) is 1.72. The summed E-state index contributed by atoms with van der Waals surface area (Å²) in [5, 5.41) is 2.71. The first kappa shape index (κ1) is 10.1. The van der Waals surface area contributed by atoms with Gasteiger partial charge in [0, 0.05) is 17.2 Å². The Labute approximate surface area is 91.9 Å². The maximum Gasteiger partial charge on any atom is 0.126 e. The minimum absolute atomic E-state index is 0.204. The molecule has 2 aromatic rings. The molecule has 0 radical (unpaired) electrons. The van der Waals surface area contributed by atoms with Gasteiger partial charge in [-0.05, 0) is 24.1 Å². The van der Waals surface area contributed by atoms with Gasteiger partial charge in [0.05, 0.1) is 0 Å². The van der Waals surface area contributed by atoms with E-state index in [0.29, 0.717) is 5.56 Å². The molecule has 0 N–H and O–H groups in total. The Hall–Kier alpha value is -1.48. The van der Waals surface area contributed by atoms with Crippen LogP contribution in [-0.2, 0) is 0 Å². The zero-order chi connectivity index (χ0) is 10.8. The maximum atomic E-state index is 13.3. The van der Waals surface area contributed by atoms with Crippen molar-refractivity contribution >= 4 is 16.9 Å². The average molecular weight is 219 g/mol. The molecule has 0 bridgehead atoms. The van der Waals surface area contributed by atoms with Crippen molar-refractivity contribution in [1.29, 1.82) is 0 Å². The second kappa shape index (κ2) is 3.95.